The van der Waals surface area contributed by atoms with Gasteiger partial charge in [-0.2, -0.15) is 0 Å². The Morgan fingerprint density at radius 2 is 1.64 bits per heavy atom. The summed E-state index contributed by atoms with van der Waals surface area (Å²) in [6, 6.07) is 10.0. The molecule has 0 unspecified atom stereocenters. The second-order valence-corrected chi connectivity index (χ2v) is 10.1. The van der Waals surface area contributed by atoms with Crippen LogP contribution in [0.5, 0.6) is 0 Å². The Balaban J connectivity index is 2.12. The van der Waals surface area contributed by atoms with Gasteiger partial charge in [0.1, 0.15) is 5.82 Å². The molecule has 132 valence electrons. The summed E-state index contributed by atoms with van der Waals surface area (Å²) in [5, 5.41) is 1.02. The summed E-state index contributed by atoms with van der Waals surface area (Å²) in [7, 11) is -7.54. The molecule has 0 saturated carbocycles. The van der Waals surface area contributed by atoms with Crippen LogP contribution in [-0.2, 0) is 19.9 Å². The van der Waals surface area contributed by atoms with Gasteiger partial charge in [0.15, 0.2) is 9.84 Å². The molecule has 1 aliphatic heterocycles. The van der Waals surface area contributed by atoms with Crippen molar-refractivity contribution in [1.82, 2.24) is 0 Å². The highest BCUT2D eigenvalue weighted by Crippen LogP contribution is 2.30. The van der Waals surface area contributed by atoms with Crippen molar-refractivity contribution < 1.29 is 21.2 Å². The van der Waals surface area contributed by atoms with E-state index in [1.54, 1.807) is 24.3 Å². The van der Waals surface area contributed by atoms with E-state index in [2.05, 4.69) is 15.9 Å². The first-order valence-corrected chi connectivity index (χ1v) is 11.1. The molecule has 3 rings (SSSR count). The van der Waals surface area contributed by atoms with Crippen molar-refractivity contribution in [2.45, 2.75) is 10.9 Å². The largest absolute Gasteiger partial charge is 0.264 e. The second kappa shape index (κ2) is 6.54. The lowest BCUT2D eigenvalue weighted by atomic mass is 10.2. The van der Waals surface area contributed by atoms with Gasteiger partial charge < -0.3 is 0 Å². The molecule has 1 aliphatic rings. The van der Waals surface area contributed by atoms with E-state index in [9.17, 15) is 21.2 Å². The standard InChI is InChI=1S/C16H13BrFNO4S2/c17-12-1-5-14(6-2-12)19(15-9-10-24(20,21)11-15)25(22,23)16-7-3-13(18)4-8-16/h1-10,15H,11H2/t15-/m0/s1. The van der Waals surface area contributed by atoms with Crippen molar-refractivity contribution in [3.05, 3.63) is 70.3 Å². The molecule has 1 atom stereocenters. The van der Waals surface area contributed by atoms with Crippen LogP contribution < -0.4 is 4.31 Å². The summed E-state index contributed by atoms with van der Waals surface area (Å²) < 4.78 is 64.7. The number of rotatable bonds is 4. The van der Waals surface area contributed by atoms with Gasteiger partial charge >= 0.3 is 0 Å². The third-order valence-electron chi connectivity index (χ3n) is 3.66. The van der Waals surface area contributed by atoms with Crippen LogP contribution in [0.25, 0.3) is 0 Å². The first kappa shape index (κ1) is 18.1. The van der Waals surface area contributed by atoms with Crippen LogP contribution in [0, 0.1) is 5.82 Å². The van der Waals surface area contributed by atoms with Gasteiger partial charge in [0, 0.05) is 9.88 Å². The first-order valence-electron chi connectivity index (χ1n) is 7.16. The van der Waals surface area contributed by atoms with Crippen LogP contribution >= 0.6 is 15.9 Å². The molecule has 0 aromatic heterocycles. The predicted octanol–water partition coefficient (Wildman–Crippen LogP) is 3.09. The van der Waals surface area contributed by atoms with Crippen LogP contribution in [0.15, 0.2) is 69.4 Å². The minimum atomic E-state index is -4.08. The lowest BCUT2D eigenvalue weighted by molar-refractivity contribution is 0.585. The van der Waals surface area contributed by atoms with E-state index in [1.165, 1.54) is 6.08 Å². The van der Waals surface area contributed by atoms with E-state index in [1.807, 2.05) is 0 Å². The van der Waals surface area contributed by atoms with Gasteiger partial charge in [0.05, 0.1) is 22.4 Å². The van der Waals surface area contributed by atoms with Crippen LogP contribution in [0.4, 0.5) is 10.1 Å². The Morgan fingerprint density at radius 1 is 1.04 bits per heavy atom. The molecule has 25 heavy (non-hydrogen) atoms. The Morgan fingerprint density at radius 3 is 2.16 bits per heavy atom. The number of hydrogen-bond donors (Lipinski definition) is 0. The topological polar surface area (TPSA) is 71.5 Å². The van der Waals surface area contributed by atoms with Crippen LogP contribution in [0.2, 0.25) is 0 Å². The number of sulfone groups is 1. The molecule has 0 saturated heterocycles. The molecular weight excluding hydrogens is 433 g/mol. The molecule has 0 amide bonds. The molecular formula is C16H13BrFNO4S2. The molecule has 0 aliphatic carbocycles. The fourth-order valence-corrected chi connectivity index (χ4v) is 5.76. The number of nitrogens with zero attached hydrogens (tertiary/aromatic N) is 1. The van der Waals surface area contributed by atoms with E-state index >= 15 is 0 Å². The highest BCUT2D eigenvalue weighted by molar-refractivity contribution is 9.10. The van der Waals surface area contributed by atoms with Crippen molar-refractivity contribution in [3.63, 3.8) is 0 Å². The quantitative estimate of drug-likeness (QED) is 0.724. The molecule has 1 heterocycles. The van der Waals surface area contributed by atoms with Gasteiger partial charge in [0.2, 0.25) is 0 Å². The summed E-state index contributed by atoms with van der Waals surface area (Å²) in [6.07, 6.45) is 1.35. The van der Waals surface area contributed by atoms with Gasteiger partial charge in [-0.05, 0) is 54.6 Å². The van der Waals surface area contributed by atoms with E-state index in [0.717, 1.165) is 38.5 Å². The van der Waals surface area contributed by atoms with E-state index in [4.69, 9.17) is 0 Å². The van der Waals surface area contributed by atoms with Crippen molar-refractivity contribution in [2.75, 3.05) is 10.1 Å². The van der Waals surface area contributed by atoms with E-state index in [-0.39, 0.29) is 10.6 Å². The molecule has 9 heteroatoms. The number of halogens is 2. The van der Waals surface area contributed by atoms with Crippen LogP contribution in [-0.4, -0.2) is 28.6 Å². The van der Waals surface area contributed by atoms with E-state index in [0.29, 0.717) is 5.69 Å². The molecule has 0 N–H and O–H groups in total. The second-order valence-electron chi connectivity index (χ2n) is 5.46. The predicted molar refractivity (Wildman–Crippen MR) is 96.9 cm³/mol. The molecule has 0 radical (unpaired) electrons. The van der Waals surface area contributed by atoms with Crippen molar-refractivity contribution in [3.8, 4) is 0 Å². The SMILES string of the molecule is O=S1(=O)C=C[C@H](N(c2ccc(Br)cc2)S(=O)(=O)c2ccc(F)cc2)C1. The third-order valence-corrected chi connectivity index (χ3v) is 7.44. The Kier molecular flexibility index (Phi) is 4.74. The summed E-state index contributed by atoms with van der Waals surface area (Å²) >= 11 is 3.28. The van der Waals surface area contributed by atoms with Gasteiger partial charge in [-0.3, -0.25) is 4.31 Å². The average Bonchev–Trinajstić information content (AvgIpc) is 2.89. The smallest absolute Gasteiger partial charge is 0.258 e. The van der Waals surface area contributed by atoms with Crippen LogP contribution in [0.1, 0.15) is 0 Å². The van der Waals surface area contributed by atoms with E-state index < -0.39 is 31.7 Å². The number of hydrogen-bond acceptors (Lipinski definition) is 4. The average molecular weight is 446 g/mol. The third kappa shape index (κ3) is 3.78. The zero-order valence-electron chi connectivity index (χ0n) is 12.7. The molecule has 0 bridgehead atoms. The lowest BCUT2D eigenvalue weighted by Crippen LogP contribution is -2.41. The Bertz CT molecular complexity index is 1020. The van der Waals surface area contributed by atoms with Crippen molar-refractivity contribution in [1.29, 1.82) is 0 Å². The normalized spacial score (nSPS) is 19.0. The minimum Gasteiger partial charge on any atom is -0.258 e. The summed E-state index contributed by atoms with van der Waals surface area (Å²) in [5.41, 5.74) is 0.319. The maximum atomic E-state index is 13.1. The zero-order valence-corrected chi connectivity index (χ0v) is 15.9. The fourth-order valence-electron chi connectivity index (χ4n) is 2.52. The highest BCUT2D eigenvalue weighted by atomic mass is 79.9. The summed E-state index contributed by atoms with van der Waals surface area (Å²) in [6.45, 7) is 0. The fraction of sp³-hybridized carbons (Fsp3) is 0.125. The number of sulfonamides is 1. The Labute approximate surface area is 153 Å². The molecule has 2 aromatic carbocycles. The van der Waals surface area contributed by atoms with Crippen LogP contribution in [0.3, 0.4) is 0 Å². The monoisotopic (exact) mass is 445 g/mol. The minimum absolute atomic E-state index is 0.116. The zero-order chi connectivity index (χ0) is 18.2. The number of benzene rings is 2. The highest BCUT2D eigenvalue weighted by Gasteiger charge is 2.35. The van der Waals surface area contributed by atoms with Crippen molar-refractivity contribution >= 4 is 41.5 Å². The summed E-state index contributed by atoms with van der Waals surface area (Å²) in [4.78, 5) is -0.116. The van der Waals surface area contributed by atoms with Gasteiger partial charge in [-0.25, -0.2) is 21.2 Å². The molecule has 2 aromatic rings. The van der Waals surface area contributed by atoms with Gasteiger partial charge in [0.25, 0.3) is 10.0 Å². The maximum Gasteiger partial charge on any atom is 0.264 e. The van der Waals surface area contributed by atoms with Gasteiger partial charge in [-0.1, -0.05) is 15.9 Å². The number of anilines is 1. The summed E-state index contributed by atoms with van der Waals surface area (Å²) in [5.74, 6) is -0.902. The molecule has 0 spiro atoms. The lowest BCUT2D eigenvalue weighted by Gasteiger charge is -2.29. The Hall–Kier alpha value is -1.71. The molecule has 0 fully saturated rings. The van der Waals surface area contributed by atoms with Crippen molar-refractivity contribution in [2.24, 2.45) is 0 Å². The van der Waals surface area contributed by atoms with Gasteiger partial charge in [-0.15, -0.1) is 0 Å². The molecule has 5 nitrogen and oxygen atoms in total. The maximum absolute atomic E-state index is 13.1. The first-order chi connectivity index (χ1) is 11.7.